The van der Waals surface area contributed by atoms with Crippen LogP contribution >= 0.6 is 0 Å². The number of amides is 1. The number of aromatic nitrogens is 2. The molecule has 3 unspecified atom stereocenters. The molecule has 3 N–H and O–H groups in total. The van der Waals surface area contributed by atoms with Crippen LogP contribution in [0.15, 0.2) is 12.5 Å². The number of aromatic amines is 1. The van der Waals surface area contributed by atoms with E-state index in [0.29, 0.717) is 18.3 Å². The van der Waals surface area contributed by atoms with Gasteiger partial charge in [0.15, 0.2) is 0 Å². The normalized spacial score (nSPS) is 13.6. The molecule has 180 valence electrons. The number of hydrogen-bond donors (Lipinski definition) is 3. The maximum absolute atomic E-state index is 11.3. The number of likely N-dealkylation sites (N-methyl/N-ethyl adjacent to an activating group) is 1. The molecule has 3 atom stereocenters. The summed E-state index contributed by atoms with van der Waals surface area (Å²) in [5, 5.41) is 11.4. The van der Waals surface area contributed by atoms with E-state index in [1.54, 1.807) is 13.2 Å². The molecule has 1 amide bonds. The highest BCUT2D eigenvalue weighted by molar-refractivity contribution is 5.73. The number of nitrogens with zero attached hydrogens (tertiary/aromatic N) is 2. The monoisotopic (exact) mass is 438 g/mol. The molecular weight excluding hydrogens is 392 g/mol. The van der Waals surface area contributed by atoms with Gasteiger partial charge in [-0.05, 0) is 31.7 Å². The Morgan fingerprint density at radius 1 is 1.13 bits per heavy atom. The average Bonchev–Trinajstić information content (AvgIpc) is 3.30. The number of carbonyl (C=O) groups excluding carboxylic acids is 1. The van der Waals surface area contributed by atoms with Gasteiger partial charge >= 0.3 is 5.97 Å². The predicted octanol–water partition coefficient (Wildman–Crippen LogP) is 4.50. The number of aliphatic carboxylic acids is 1. The van der Waals surface area contributed by atoms with E-state index < -0.39 is 12.0 Å². The van der Waals surface area contributed by atoms with Crippen molar-refractivity contribution >= 4 is 12.4 Å². The van der Waals surface area contributed by atoms with Gasteiger partial charge in [0.05, 0.1) is 12.0 Å². The second-order valence-corrected chi connectivity index (χ2v) is 8.34. The van der Waals surface area contributed by atoms with E-state index >= 15 is 0 Å². The Morgan fingerprint density at radius 2 is 1.68 bits per heavy atom. The number of H-pyrrole nitrogens is 1. The van der Waals surface area contributed by atoms with E-state index in [4.69, 9.17) is 5.11 Å². The molecule has 0 bridgehead atoms. The molecule has 0 saturated carbocycles. The van der Waals surface area contributed by atoms with Crippen molar-refractivity contribution in [3.05, 3.63) is 18.2 Å². The molecule has 0 radical (unpaired) electrons. The zero-order valence-electron chi connectivity index (χ0n) is 20.4. The molecular formula is C24H46N4O3. The molecule has 0 fully saturated rings. The molecule has 7 nitrogen and oxygen atoms in total. The lowest BCUT2D eigenvalue weighted by atomic mass is 9.96. The van der Waals surface area contributed by atoms with Crippen molar-refractivity contribution < 1.29 is 14.7 Å². The Morgan fingerprint density at radius 3 is 2.00 bits per heavy atom. The Kier molecular flexibility index (Phi) is 17.7. The van der Waals surface area contributed by atoms with E-state index in [0.717, 1.165) is 25.2 Å². The third-order valence-electron chi connectivity index (χ3n) is 5.84. The fourth-order valence-electron chi connectivity index (χ4n) is 3.58. The first kappa shape index (κ1) is 29.1. The SMILES string of the molecule is CCCCC(CC)CN(C=O)CC(CC)CCCC.CNC(Cc1c[nH]cn1)C(=O)O. The molecule has 0 aliphatic carbocycles. The van der Waals surface area contributed by atoms with Gasteiger partial charge in [-0.2, -0.15) is 0 Å². The van der Waals surface area contributed by atoms with Crippen molar-refractivity contribution in [3.8, 4) is 0 Å². The maximum atomic E-state index is 11.3. The van der Waals surface area contributed by atoms with E-state index in [-0.39, 0.29) is 0 Å². The van der Waals surface area contributed by atoms with Crippen LogP contribution in [0.4, 0.5) is 0 Å². The Hall–Kier alpha value is -1.89. The first-order valence-corrected chi connectivity index (χ1v) is 12.0. The van der Waals surface area contributed by atoms with Crippen molar-refractivity contribution in [2.75, 3.05) is 20.1 Å². The molecule has 0 aliphatic heterocycles. The fourth-order valence-corrected chi connectivity index (χ4v) is 3.58. The second kappa shape index (κ2) is 18.8. The van der Waals surface area contributed by atoms with Gasteiger partial charge in [0, 0.05) is 25.7 Å². The van der Waals surface area contributed by atoms with Crippen LogP contribution in [0.5, 0.6) is 0 Å². The summed E-state index contributed by atoms with van der Waals surface area (Å²) in [4.78, 5) is 30.6. The van der Waals surface area contributed by atoms with Crippen LogP contribution in [0.25, 0.3) is 0 Å². The number of carboxylic acids is 1. The number of unbranched alkanes of at least 4 members (excludes halogenated alkanes) is 2. The van der Waals surface area contributed by atoms with E-state index in [1.807, 2.05) is 4.90 Å². The van der Waals surface area contributed by atoms with Gasteiger partial charge in [-0.1, -0.05) is 66.2 Å². The summed E-state index contributed by atoms with van der Waals surface area (Å²) in [6, 6.07) is -0.562. The minimum absolute atomic E-state index is 0.398. The van der Waals surface area contributed by atoms with E-state index in [1.165, 1.54) is 57.7 Å². The summed E-state index contributed by atoms with van der Waals surface area (Å²) >= 11 is 0. The fraction of sp³-hybridized carbons (Fsp3) is 0.792. The lowest BCUT2D eigenvalue weighted by molar-refractivity contribution is -0.139. The summed E-state index contributed by atoms with van der Waals surface area (Å²) < 4.78 is 0. The summed E-state index contributed by atoms with van der Waals surface area (Å²) in [7, 11) is 1.62. The molecule has 0 spiro atoms. The Bertz CT molecular complexity index is 533. The highest BCUT2D eigenvalue weighted by Crippen LogP contribution is 2.17. The zero-order chi connectivity index (χ0) is 23.5. The van der Waals surface area contributed by atoms with Crippen LogP contribution < -0.4 is 5.32 Å². The topological polar surface area (TPSA) is 98.3 Å². The van der Waals surface area contributed by atoms with Gasteiger partial charge < -0.3 is 20.3 Å². The van der Waals surface area contributed by atoms with Crippen molar-refractivity contribution in [2.24, 2.45) is 11.8 Å². The Labute approximate surface area is 189 Å². The van der Waals surface area contributed by atoms with Crippen LogP contribution in [0.1, 0.15) is 84.8 Å². The molecule has 0 aliphatic rings. The lowest BCUT2D eigenvalue weighted by Gasteiger charge is -2.27. The first-order chi connectivity index (χ1) is 14.9. The third-order valence-corrected chi connectivity index (χ3v) is 5.84. The summed E-state index contributed by atoms with van der Waals surface area (Å²) in [5.41, 5.74) is 0.747. The van der Waals surface area contributed by atoms with Gasteiger partial charge in [0.25, 0.3) is 0 Å². The molecule has 1 aromatic heterocycles. The number of carbonyl (C=O) groups is 2. The molecule has 0 aromatic carbocycles. The first-order valence-electron chi connectivity index (χ1n) is 12.0. The molecule has 31 heavy (non-hydrogen) atoms. The smallest absolute Gasteiger partial charge is 0.321 e. The Balaban J connectivity index is 0.000000639. The number of carboxylic acid groups (broad SMARTS) is 1. The van der Waals surface area contributed by atoms with E-state index in [2.05, 4.69) is 43.0 Å². The van der Waals surface area contributed by atoms with Gasteiger partial charge in [-0.25, -0.2) is 4.98 Å². The maximum Gasteiger partial charge on any atom is 0.321 e. The van der Waals surface area contributed by atoms with Crippen LogP contribution in [-0.4, -0.2) is 58.5 Å². The van der Waals surface area contributed by atoms with Crippen molar-refractivity contribution in [1.29, 1.82) is 0 Å². The largest absolute Gasteiger partial charge is 0.480 e. The molecule has 0 saturated heterocycles. The zero-order valence-corrected chi connectivity index (χ0v) is 20.4. The molecule has 7 heteroatoms. The molecule has 1 rings (SSSR count). The number of hydrogen-bond acceptors (Lipinski definition) is 4. The number of imidazole rings is 1. The lowest BCUT2D eigenvalue weighted by Crippen LogP contribution is -2.35. The number of rotatable bonds is 17. The van der Waals surface area contributed by atoms with E-state index in [9.17, 15) is 9.59 Å². The summed E-state index contributed by atoms with van der Waals surface area (Å²) in [5.74, 6) is 0.517. The average molecular weight is 439 g/mol. The van der Waals surface area contributed by atoms with Crippen LogP contribution in [0.3, 0.4) is 0 Å². The minimum atomic E-state index is -0.861. The predicted molar refractivity (Wildman–Crippen MR) is 127 cm³/mol. The highest BCUT2D eigenvalue weighted by Gasteiger charge is 2.16. The summed E-state index contributed by atoms with van der Waals surface area (Å²) in [6.45, 7) is 10.9. The molecule has 1 aromatic rings. The molecule has 1 heterocycles. The third kappa shape index (κ3) is 13.9. The van der Waals surface area contributed by atoms with Gasteiger partial charge in [-0.15, -0.1) is 0 Å². The second-order valence-electron chi connectivity index (χ2n) is 8.34. The van der Waals surface area contributed by atoms with Crippen LogP contribution in [0.2, 0.25) is 0 Å². The number of nitrogens with one attached hydrogen (secondary N) is 2. The van der Waals surface area contributed by atoms with Gasteiger partial charge in [0.2, 0.25) is 6.41 Å². The summed E-state index contributed by atoms with van der Waals surface area (Å²) in [6.07, 6.45) is 14.7. The van der Waals surface area contributed by atoms with Crippen molar-refractivity contribution in [3.63, 3.8) is 0 Å². The van der Waals surface area contributed by atoms with Crippen molar-refractivity contribution in [2.45, 2.75) is 91.5 Å². The van der Waals surface area contributed by atoms with Crippen molar-refractivity contribution in [1.82, 2.24) is 20.2 Å². The van der Waals surface area contributed by atoms with Gasteiger partial charge in [0.1, 0.15) is 6.04 Å². The highest BCUT2D eigenvalue weighted by atomic mass is 16.4. The standard InChI is InChI=1S/C17H35NO.C7H11N3O2/c1-5-9-11-16(7-3)13-18(15-19)14-17(8-4)12-10-6-2;1-8-6(7(11)12)2-5-3-9-4-10-5/h15-17H,5-14H2,1-4H3;3-4,6,8H,2H2,1H3,(H,9,10)(H,11,12). The van der Waals surface area contributed by atoms with Crippen LogP contribution in [-0.2, 0) is 16.0 Å². The van der Waals surface area contributed by atoms with Gasteiger partial charge in [-0.3, -0.25) is 9.59 Å². The quantitative estimate of drug-likeness (QED) is 0.311. The minimum Gasteiger partial charge on any atom is -0.480 e. The van der Waals surface area contributed by atoms with Crippen LogP contribution in [0, 0.1) is 11.8 Å².